The lowest BCUT2D eigenvalue weighted by Crippen LogP contribution is -2.23. The van der Waals surface area contributed by atoms with Gasteiger partial charge in [-0.1, -0.05) is 0 Å². The molecule has 0 amide bonds. The molecule has 0 unspecified atom stereocenters. The second-order valence-corrected chi connectivity index (χ2v) is 3.50. The quantitative estimate of drug-likeness (QED) is 0.681. The third-order valence-electron chi connectivity index (χ3n) is 2.13. The van der Waals surface area contributed by atoms with Crippen molar-refractivity contribution in [1.82, 2.24) is 4.98 Å². The first kappa shape index (κ1) is 15.9. The molecule has 1 rings (SSSR count). The zero-order valence-electron chi connectivity index (χ0n) is 9.88. The number of carbonyl (C=O) groups is 1. The molecule has 0 aromatic carbocycles. The number of ether oxygens (including phenoxy) is 2. The zero-order valence-corrected chi connectivity index (χ0v) is 9.88. The van der Waals surface area contributed by atoms with Crippen LogP contribution in [0.4, 0.5) is 22.0 Å². The molecule has 0 saturated heterocycles. The standard InChI is InChI=1S/C10H8F5NO4/c1-19-6(18)3-4-2-5(17)16-9(7(4)8(11)12)20-10(13,14)15/h2,8H,3H2,1H3,(H,16,17). The van der Waals surface area contributed by atoms with Gasteiger partial charge in [-0.25, -0.2) is 8.78 Å². The monoisotopic (exact) mass is 301 g/mol. The fourth-order valence-corrected chi connectivity index (χ4v) is 1.41. The van der Waals surface area contributed by atoms with Gasteiger partial charge in [0.15, 0.2) is 0 Å². The van der Waals surface area contributed by atoms with Gasteiger partial charge in [-0.05, 0) is 5.56 Å². The number of nitrogens with one attached hydrogen (secondary N) is 1. The number of halogens is 5. The molecule has 10 heteroatoms. The molecule has 0 aliphatic heterocycles. The minimum absolute atomic E-state index is 0.585. The zero-order chi connectivity index (χ0) is 15.5. The number of aromatic amines is 1. The van der Waals surface area contributed by atoms with Gasteiger partial charge in [0.05, 0.1) is 19.1 Å². The molecule has 1 aromatic rings. The predicted molar refractivity (Wildman–Crippen MR) is 54.4 cm³/mol. The van der Waals surface area contributed by atoms with Gasteiger partial charge in [0, 0.05) is 6.07 Å². The average molecular weight is 301 g/mol. The number of methoxy groups -OCH3 is 1. The molecule has 5 nitrogen and oxygen atoms in total. The van der Waals surface area contributed by atoms with E-state index in [1.165, 1.54) is 4.98 Å². The molecule has 0 aliphatic carbocycles. The molecule has 112 valence electrons. The second kappa shape index (κ2) is 5.88. The maximum absolute atomic E-state index is 12.8. The van der Waals surface area contributed by atoms with Crippen LogP contribution in [0.1, 0.15) is 17.6 Å². The van der Waals surface area contributed by atoms with Crippen molar-refractivity contribution >= 4 is 5.97 Å². The van der Waals surface area contributed by atoms with Crippen LogP contribution in [0.2, 0.25) is 0 Å². The largest absolute Gasteiger partial charge is 0.574 e. The van der Waals surface area contributed by atoms with E-state index >= 15 is 0 Å². The van der Waals surface area contributed by atoms with Crippen LogP contribution in [0.15, 0.2) is 10.9 Å². The minimum Gasteiger partial charge on any atom is -0.469 e. The molecule has 0 fully saturated rings. The first-order chi connectivity index (χ1) is 9.14. The van der Waals surface area contributed by atoms with Crippen LogP contribution in [0, 0.1) is 0 Å². The third-order valence-corrected chi connectivity index (χ3v) is 2.13. The molecule has 20 heavy (non-hydrogen) atoms. The Labute approximate surface area is 108 Å². The van der Waals surface area contributed by atoms with Gasteiger partial charge in [-0.3, -0.25) is 14.6 Å². The Morgan fingerprint density at radius 2 is 2.00 bits per heavy atom. The Balaban J connectivity index is 3.36. The van der Waals surface area contributed by atoms with Crippen molar-refractivity contribution in [1.29, 1.82) is 0 Å². The highest BCUT2D eigenvalue weighted by Gasteiger charge is 2.35. The van der Waals surface area contributed by atoms with Crippen molar-refractivity contribution in [3.05, 3.63) is 27.5 Å². The van der Waals surface area contributed by atoms with Crippen molar-refractivity contribution in [2.24, 2.45) is 0 Å². The van der Waals surface area contributed by atoms with Gasteiger partial charge >= 0.3 is 12.3 Å². The van der Waals surface area contributed by atoms with Crippen molar-refractivity contribution in [3.63, 3.8) is 0 Å². The van der Waals surface area contributed by atoms with Crippen LogP contribution in [-0.2, 0) is 16.0 Å². The maximum atomic E-state index is 12.8. The number of carbonyl (C=O) groups excluding carboxylic acids is 1. The number of hydrogen-bond acceptors (Lipinski definition) is 4. The molecule has 1 heterocycles. The third kappa shape index (κ3) is 4.21. The van der Waals surface area contributed by atoms with Gasteiger partial charge in [-0.15, -0.1) is 13.2 Å². The summed E-state index contributed by atoms with van der Waals surface area (Å²) in [6, 6.07) is 0.585. The molecular weight excluding hydrogens is 293 g/mol. The smallest absolute Gasteiger partial charge is 0.469 e. The number of aromatic nitrogens is 1. The lowest BCUT2D eigenvalue weighted by atomic mass is 10.1. The SMILES string of the molecule is COC(=O)Cc1cc(=O)[nH]c(OC(F)(F)F)c1C(F)F. The molecular formula is C10H8F5NO4. The number of hydrogen-bond donors (Lipinski definition) is 1. The summed E-state index contributed by atoms with van der Waals surface area (Å²) in [6.07, 6.45) is -9.44. The first-order valence-electron chi connectivity index (χ1n) is 5.01. The van der Waals surface area contributed by atoms with Crippen molar-refractivity contribution in [3.8, 4) is 5.88 Å². The highest BCUT2D eigenvalue weighted by molar-refractivity contribution is 5.73. The first-order valence-corrected chi connectivity index (χ1v) is 5.01. The maximum Gasteiger partial charge on any atom is 0.574 e. The molecule has 0 atom stereocenters. The number of esters is 1. The summed E-state index contributed by atoms with van der Waals surface area (Å²) in [5.74, 6) is -2.44. The Kier molecular flexibility index (Phi) is 4.69. The topological polar surface area (TPSA) is 68.4 Å². The number of pyridine rings is 1. The van der Waals surface area contributed by atoms with Crippen molar-refractivity contribution in [2.45, 2.75) is 19.2 Å². The number of rotatable bonds is 4. The van der Waals surface area contributed by atoms with E-state index in [1.54, 1.807) is 0 Å². The molecule has 0 saturated carbocycles. The van der Waals surface area contributed by atoms with E-state index in [4.69, 9.17) is 0 Å². The Bertz CT molecular complexity index is 552. The molecule has 0 aliphatic rings. The van der Waals surface area contributed by atoms with Crippen LogP contribution in [0.25, 0.3) is 0 Å². The van der Waals surface area contributed by atoms with Crippen LogP contribution in [0.3, 0.4) is 0 Å². The minimum atomic E-state index is -5.27. The highest BCUT2D eigenvalue weighted by atomic mass is 19.4. The molecule has 1 N–H and O–H groups in total. The van der Waals surface area contributed by atoms with E-state index < -0.39 is 47.7 Å². The summed E-state index contributed by atoms with van der Waals surface area (Å²) in [7, 11) is 0.963. The fraction of sp³-hybridized carbons (Fsp3) is 0.400. The van der Waals surface area contributed by atoms with E-state index in [1.807, 2.05) is 0 Å². The van der Waals surface area contributed by atoms with Gasteiger partial charge in [-0.2, -0.15) is 0 Å². The fourth-order valence-electron chi connectivity index (χ4n) is 1.41. The van der Waals surface area contributed by atoms with Gasteiger partial charge in [0.1, 0.15) is 0 Å². The van der Waals surface area contributed by atoms with Gasteiger partial charge in [0.25, 0.3) is 12.0 Å². The van der Waals surface area contributed by atoms with Gasteiger partial charge in [0.2, 0.25) is 5.88 Å². The van der Waals surface area contributed by atoms with Crippen LogP contribution < -0.4 is 10.3 Å². The van der Waals surface area contributed by atoms with Crippen molar-refractivity contribution < 1.29 is 36.2 Å². The lowest BCUT2D eigenvalue weighted by Gasteiger charge is -2.15. The van der Waals surface area contributed by atoms with E-state index in [9.17, 15) is 31.5 Å². The lowest BCUT2D eigenvalue weighted by molar-refractivity contribution is -0.276. The van der Waals surface area contributed by atoms with Crippen molar-refractivity contribution in [2.75, 3.05) is 7.11 Å². The second-order valence-electron chi connectivity index (χ2n) is 3.50. The summed E-state index contributed by atoms with van der Waals surface area (Å²) in [6.45, 7) is 0. The summed E-state index contributed by atoms with van der Waals surface area (Å²) in [5.41, 5.74) is -2.94. The Morgan fingerprint density at radius 3 is 2.45 bits per heavy atom. The van der Waals surface area contributed by atoms with E-state index in [0.29, 0.717) is 6.07 Å². The molecule has 1 aromatic heterocycles. The molecule has 0 radical (unpaired) electrons. The predicted octanol–water partition coefficient (Wildman–Crippen LogP) is 1.93. The van der Waals surface area contributed by atoms with Crippen LogP contribution in [-0.4, -0.2) is 24.4 Å². The van der Waals surface area contributed by atoms with E-state index in [2.05, 4.69) is 9.47 Å². The Hall–Kier alpha value is -2.13. The van der Waals surface area contributed by atoms with Crippen LogP contribution in [0.5, 0.6) is 5.88 Å². The van der Waals surface area contributed by atoms with E-state index in [-0.39, 0.29) is 0 Å². The summed E-state index contributed by atoms with van der Waals surface area (Å²) < 4.78 is 69.5. The Morgan fingerprint density at radius 1 is 1.40 bits per heavy atom. The van der Waals surface area contributed by atoms with E-state index in [0.717, 1.165) is 7.11 Å². The highest BCUT2D eigenvalue weighted by Crippen LogP contribution is 2.33. The average Bonchev–Trinajstić information content (AvgIpc) is 2.24. The number of H-pyrrole nitrogens is 1. The molecule has 0 bridgehead atoms. The summed E-state index contributed by atoms with van der Waals surface area (Å²) >= 11 is 0. The van der Waals surface area contributed by atoms with Crippen LogP contribution >= 0.6 is 0 Å². The normalized spacial score (nSPS) is 11.6. The summed E-state index contributed by atoms with van der Waals surface area (Å²) in [4.78, 5) is 23.7. The summed E-state index contributed by atoms with van der Waals surface area (Å²) in [5, 5.41) is 0. The van der Waals surface area contributed by atoms with Gasteiger partial charge < -0.3 is 9.47 Å². The number of alkyl halides is 5. The molecule has 0 spiro atoms.